The van der Waals surface area contributed by atoms with Crippen LogP contribution in [0.2, 0.25) is 0 Å². The zero-order valence-corrected chi connectivity index (χ0v) is 37.5. The summed E-state index contributed by atoms with van der Waals surface area (Å²) in [5.41, 5.74) is 12.0. The molecule has 4 aromatic heterocycles. The molecule has 316 valence electrons. The SMILES string of the molecule is Fc1ccc(-c2cc(-c3ccc(F)cc3)c(-n3c4ccccc4c4c5sc6ccccc6c5ccc43)c(C3CCCCC3)c2-n2c3ccccc3c3c4sc5ccccc5c4ccc32)cc1. The molecule has 2 nitrogen and oxygen atoms in total. The Morgan fingerprint density at radius 2 is 0.818 bits per heavy atom. The number of para-hydroxylation sites is 2. The van der Waals surface area contributed by atoms with Gasteiger partial charge in [0.1, 0.15) is 11.6 Å². The third-order valence-corrected chi connectivity index (χ3v) is 16.8. The second-order valence-corrected chi connectivity index (χ2v) is 20.1. The molecule has 0 radical (unpaired) electrons. The molecule has 9 aromatic carbocycles. The summed E-state index contributed by atoms with van der Waals surface area (Å²) in [4.78, 5) is 0. The average molecular weight is 891 g/mol. The van der Waals surface area contributed by atoms with Gasteiger partial charge in [-0.15, -0.1) is 22.7 Å². The van der Waals surface area contributed by atoms with E-state index in [0.29, 0.717) is 0 Å². The second kappa shape index (κ2) is 14.7. The molecular weight excluding hydrogens is 851 g/mol. The molecule has 66 heavy (non-hydrogen) atoms. The van der Waals surface area contributed by atoms with Crippen molar-refractivity contribution in [1.29, 1.82) is 0 Å². The summed E-state index contributed by atoms with van der Waals surface area (Å²) in [5, 5.41) is 9.99. The zero-order valence-electron chi connectivity index (χ0n) is 35.8. The van der Waals surface area contributed by atoms with E-state index in [1.807, 2.05) is 46.9 Å². The van der Waals surface area contributed by atoms with Gasteiger partial charge in [-0.25, -0.2) is 8.78 Å². The maximum absolute atomic E-state index is 15.1. The number of halogens is 2. The number of benzene rings is 9. The van der Waals surface area contributed by atoms with Crippen LogP contribution >= 0.6 is 22.7 Å². The fourth-order valence-electron chi connectivity index (χ4n) is 11.6. The molecule has 6 heteroatoms. The van der Waals surface area contributed by atoms with Crippen molar-refractivity contribution in [2.24, 2.45) is 0 Å². The normalized spacial score (nSPS) is 13.8. The fourth-order valence-corrected chi connectivity index (χ4v) is 14.1. The third-order valence-electron chi connectivity index (χ3n) is 14.4. The van der Waals surface area contributed by atoms with Gasteiger partial charge >= 0.3 is 0 Å². The summed E-state index contributed by atoms with van der Waals surface area (Å²) >= 11 is 3.73. The van der Waals surface area contributed by atoms with Crippen molar-refractivity contribution in [1.82, 2.24) is 9.13 Å². The molecule has 14 rings (SSSR count). The van der Waals surface area contributed by atoms with Crippen LogP contribution in [0.5, 0.6) is 0 Å². The van der Waals surface area contributed by atoms with Crippen LogP contribution in [0.1, 0.15) is 43.6 Å². The highest BCUT2D eigenvalue weighted by Gasteiger charge is 2.33. The van der Waals surface area contributed by atoms with Crippen molar-refractivity contribution < 1.29 is 8.78 Å². The smallest absolute Gasteiger partial charge is 0.123 e. The van der Waals surface area contributed by atoms with E-state index < -0.39 is 0 Å². The van der Waals surface area contributed by atoms with Crippen molar-refractivity contribution in [3.05, 3.63) is 193 Å². The molecule has 0 amide bonds. The Labute approximate surface area is 387 Å². The summed E-state index contributed by atoms with van der Waals surface area (Å²) in [6.07, 6.45) is 5.52. The van der Waals surface area contributed by atoms with Gasteiger partial charge in [-0.1, -0.05) is 128 Å². The zero-order chi connectivity index (χ0) is 43.6. The number of thiophene rings is 2. The van der Waals surface area contributed by atoms with Gasteiger partial charge in [0.15, 0.2) is 0 Å². The molecule has 0 atom stereocenters. The molecule has 1 aliphatic rings. The fraction of sp³-hybridized carbons (Fsp3) is 0.100. The molecule has 0 saturated heterocycles. The van der Waals surface area contributed by atoms with Crippen LogP contribution in [0.25, 0.3) is 118 Å². The first-order valence-corrected chi connectivity index (χ1v) is 24.6. The quantitative estimate of drug-likeness (QED) is 0.163. The largest absolute Gasteiger partial charge is 0.308 e. The molecule has 0 unspecified atom stereocenters. The molecular formula is C60H40F2N2S2. The minimum Gasteiger partial charge on any atom is -0.308 e. The molecule has 13 aromatic rings. The molecule has 4 heterocycles. The lowest BCUT2D eigenvalue weighted by atomic mass is 9.79. The van der Waals surface area contributed by atoms with Gasteiger partial charge in [-0.2, -0.15) is 0 Å². The Hall–Kier alpha value is -7.12. The number of fused-ring (bicyclic) bond motifs is 14. The molecule has 0 bridgehead atoms. The van der Waals surface area contributed by atoms with E-state index in [1.165, 1.54) is 73.9 Å². The monoisotopic (exact) mass is 890 g/mol. The van der Waals surface area contributed by atoms with Crippen molar-refractivity contribution >= 4 is 107 Å². The van der Waals surface area contributed by atoms with Crippen molar-refractivity contribution in [2.75, 3.05) is 0 Å². The van der Waals surface area contributed by atoms with Gasteiger partial charge in [0, 0.05) is 78.6 Å². The number of aromatic nitrogens is 2. The first kappa shape index (κ1) is 38.2. The molecule has 1 aliphatic carbocycles. The van der Waals surface area contributed by atoms with E-state index in [-0.39, 0.29) is 17.6 Å². The van der Waals surface area contributed by atoms with E-state index in [4.69, 9.17) is 0 Å². The van der Waals surface area contributed by atoms with Gasteiger partial charge in [-0.05, 0) is 96.6 Å². The maximum atomic E-state index is 15.1. The van der Waals surface area contributed by atoms with E-state index in [9.17, 15) is 0 Å². The van der Waals surface area contributed by atoms with Crippen LogP contribution in [0.3, 0.4) is 0 Å². The topological polar surface area (TPSA) is 9.86 Å². The molecule has 0 spiro atoms. The summed E-state index contributed by atoms with van der Waals surface area (Å²) in [5.74, 6) is -0.355. The minimum atomic E-state index is -0.273. The summed E-state index contributed by atoms with van der Waals surface area (Å²) < 4.78 is 40.3. The van der Waals surface area contributed by atoms with Gasteiger partial charge in [-0.3, -0.25) is 0 Å². The molecule has 1 saturated carbocycles. The Kier molecular flexibility index (Phi) is 8.50. The van der Waals surface area contributed by atoms with E-state index in [0.717, 1.165) is 81.4 Å². The van der Waals surface area contributed by atoms with Crippen LogP contribution in [0, 0.1) is 11.6 Å². The highest BCUT2D eigenvalue weighted by atomic mass is 32.1. The molecule has 0 N–H and O–H groups in total. The minimum absolute atomic E-state index is 0.192. The number of hydrogen-bond acceptors (Lipinski definition) is 2. The summed E-state index contributed by atoms with van der Waals surface area (Å²) in [6.45, 7) is 0. The predicted molar refractivity (Wildman–Crippen MR) is 278 cm³/mol. The Balaban J connectivity index is 1.22. The van der Waals surface area contributed by atoms with E-state index in [1.54, 1.807) is 24.3 Å². The number of rotatable bonds is 5. The number of nitrogens with zero attached hydrogens (tertiary/aromatic N) is 2. The van der Waals surface area contributed by atoms with Gasteiger partial charge in [0.25, 0.3) is 0 Å². The second-order valence-electron chi connectivity index (χ2n) is 18.0. The molecule has 0 aliphatic heterocycles. The standard InChI is InChI=1S/C60H40F2N2S2/c61-38-26-22-35(23-27-38)46-34-47(36-24-28-39(62)29-25-36)58(64-49-19-9-5-17-45(49)56-51(64)33-31-43-41-15-7-11-21-53(41)66-60(43)56)54(37-12-2-1-3-13-37)57(46)63-48-18-8-4-16-44(48)55-50(63)32-30-42-40-14-6-10-20-52(40)65-59(42)55/h4-11,14-34,37H,1-3,12-13H2. The van der Waals surface area contributed by atoms with Crippen LogP contribution in [-0.2, 0) is 0 Å². The van der Waals surface area contributed by atoms with Crippen LogP contribution in [-0.4, -0.2) is 9.13 Å². The lowest BCUT2D eigenvalue weighted by Gasteiger charge is -2.32. The van der Waals surface area contributed by atoms with Gasteiger partial charge in [0.2, 0.25) is 0 Å². The maximum Gasteiger partial charge on any atom is 0.123 e. The third kappa shape index (κ3) is 5.55. The van der Waals surface area contributed by atoms with Gasteiger partial charge in [0.05, 0.1) is 33.4 Å². The average Bonchev–Trinajstić information content (AvgIpc) is 4.12. The first-order chi connectivity index (χ1) is 32.6. The lowest BCUT2D eigenvalue weighted by molar-refractivity contribution is 0.442. The van der Waals surface area contributed by atoms with Crippen LogP contribution < -0.4 is 0 Å². The number of hydrogen-bond donors (Lipinski definition) is 0. The van der Waals surface area contributed by atoms with Crippen molar-refractivity contribution in [2.45, 2.75) is 38.0 Å². The Bertz CT molecular complexity index is 3850. The Morgan fingerprint density at radius 1 is 0.394 bits per heavy atom. The van der Waals surface area contributed by atoms with Crippen LogP contribution in [0.4, 0.5) is 8.78 Å². The van der Waals surface area contributed by atoms with Crippen LogP contribution in [0.15, 0.2) is 176 Å². The van der Waals surface area contributed by atoms with Crippen molar-refractivity contribution in [3.63, 3.8) is 0 Å². The Morgan fingerprint density at radius 3 is 1.29 bits per heavy atom. The predicted octanol–water partition coefficient (Wildman–Crippen LogP) is 18.3. The first-order valence-electron chi connectivity index (χ1n) is 23.0. The van der Waals surface area contributed by atoms with Crippen molar-refractivity contribution in [3.8, 4) is 33.6 Å². The van der Waals surface area contributed by atoms with E-state index in [2.05, 4.69) is 137 Å². The summed E-state index contributed by atoms with van der Waals surface area (Å²) in [6, 6.07) is 61.0. The highest BCUT2D eigenvalue weighted by Crippen LogP contribution is 2.53. The molecule has 1 fully saturated rings. The lowest BCUT2D eigenvalue weighted by Crippen LogP contribution is -2.15. The van der Waals surface area contributed by atoms with E-state index >= 15 is 8.78 Å². The highest BCUT2D eigenvalue weighted by molar-refractivity contribution is 7.27. The summed E-state index contributed by atoms with van der Waals surface area (Å²) in [7, 11) is 0. The van der Waals surface area contributed by atoms with Gasteiger partial charge < -0.3 is 9.13 Å².